The molecule has 0 radical (unpaired) electrons. The van der Waals surface area contributed by atoms with E-state index >= 15 is 0 Å². The van der Waals surface area contributed by atoms with Crippen molar-refractivity contribution in [3.05, 3.63) is 35.9 Å². The Morgan fingerprint density at radius 1 is 1.06 bits per heavy atom. The fraction of sp³-hybridized carbons (Fsp3) is 0.533. The Morgan fingerprint density at radius 2 is 1.76 bits per heavy atom. The smallest absolute Gasteiger partial charge is 0.312 e. The first-order valence-electron chi connectivity index (χ1n) is 6.56. The minimum Gasteiger partial charge on any atom is -0.457 e. The maximum atomic E-state index is 12.1. The molecule has 17 heavy (non-hydrogen) atoms. The van der Waals surface area contributed by atoms with Crippen LogP contribution >= 0.6 is 0 Å². The largest absolute Gasteiger partial charge is 0.457 e. The first-order valence-corrected chi connectivity index (χ1v) is 6.56. The molecule has 1 saturated carbocycles. The van der Waals surface area contributed by atoms with Gasteiger partial charge in [-0.05, 0) is 18.4 Å². The summed E-state index contributed by atoms with van der Waals surface area (Å²) in [6.45, 7) is 0. The van der Waals surface area contributed by atoms with E-state index in [1.165, 1.54) is 19.3 Å². The van der Waals surface area contributed by atoms with E-state index < -0.39 is 0 Å². The summed E-state index contributed by atoms with van der Waals surface area (Å²) in [6.07, 6.45) is 6.54. The summed E-state index contributed by atoms with van der Waals surface area (Å²) >= 11 is 0. The third-order valence-corrected chi connectivity index (χ3v) is 4.24. The Morgan fingerprint density at radius 3 is 2.47 bits per heavy atom. The highest BCUT2D eigenvalue weighted by Gasteiger charge is 2.49. The topological polar surface area (TPSA) is 26.3 Å². The highest BCUT2D eigenvalue weighted by Crippen LogP contribution is 2.50. The number of hydrogen-bond acceptors (Lipinski definition) is 2. The van der Waals surface area contributed by atoms with Crippen molar-refractivity contribution in [2.45, 2.75) is 44.6 Å². The Labute approximate surface area is 102 Å². The van der Waals surface area contributed by atoms with Gasteiger partial charge in [-0.3, -0.25) is 4.79 Å². The lowest BCUT2D eigenvalue weighted by Crippen LogP contribution is -2.28. The van der Waals surface area contributed by atoms with Gasteiger partial charge < -0.3 is 4.74 Å². The van der Waals surface area contributed by atoms with Gasteiger partial charge in [-0.1, -0.05) is 49.6 Å². The molecule has 1 unspecified atom stereocenters. The second-order valence-corrected chi connectivity index (χ2v) is 5.35. The average molecular weight is 230 g/mol. The monoisotopic (exact) mass is 230 g/mol. The van der Waals surface area contributed by atoms with Crippen molar-refractivity contribution < 1.29 is 9.53 Å². The SMILES string of the molecule is O=C1OC(c2ccccc2)CC12CCCCC2. The summed E-state index contributed by atoms with van der Waals surface area (Å²) in [7, 11) is 0. The van der Waals surface area contributed by atoms with Gasteiger partial charge in [0.2, 0.25) is 0 Å². The van der Waals surface area contributed by atoms with Crippen molar-refractivity contribution in [2.24, 2.45) is 5.41 Å². The Hall–Kier alpha value is -1.31. The number of carbonyl (C=O) groups excluding carboxylic acids is 1. The van der Waals surface area contributed by atoms with E-state index in [0.29, 0.717) is 0 Å². The van der Waals surface area contributed by atoms with E-state index in [1.54, 1.807) is 0 Å². The van der Waals surface area contributed by atoms with E-state index in [0.717, 1.165) is 24.8 Å². The molecule has 1 aromatic carbocycles. The van der Waals surface area contributed by atoms with Crippen LogP contribution < -0.4 is 0 Å². The molecule has 0 aromatic heterocycles. The van der Waals surface area contributed by atoms with Crippen molar-refractivity contribution in [1.29, 1.82) is 0 Å². The van der Waals surface area contributed by atoms with Crippen molar-refractivity contribution in [1.82, 2.24) is 0 Å². The van der Waals surface area contributed by atoms with Gasteiger partial charge in [-0.15, -0.1) is 0 Å². The molecular weight excluding hydrogens is 212 g/mol. The molecule has 0 bridgehead atoms. The molecule has 0 amide bonds. The van der Waals surface area contributed by atoms with Gasteiger partial charge in [0.1, 0.15) is 6.10 Å². The zero-order valence-electron chi connectivity index (χ0n) is 10.0. The predicted molar refractivity (Wildman–Crippen MR) is 65.4 cm³/mol. The van der Waals surface area contributed by atoms with Crippen LogP contribution in [0.4, 0.5) is 0 Å². The van der Waals surface area contributed by atoms with E-state index in [1.807, 2.05) is 18.2 Å². The molecule has 2 nitrogen and oxygen atoms in total. The molecule has 2 aliphatic rings. The van der Waals surface area contributed by atoms with Crippen LogP contribution in [0.15, 0.2) is 30.3 Å². The van der Waals surface area contributed by atoms with E-state index in [4.69, 9.17) is 4.74 Å². The molecular formula is C15H18O2. The Kier molecular flexibility index (Phi) is 2.65. The van der Waals surface area contributed by atoms with Crippen molar-refractivity contribution in [2.75, 3.05) is 0 Å². The van der Waals surface area contributed by atoms with Crippen LogP contribution in [0.25, 0.3) is 0 Å². The maximum Gasteiger partial charge on any atom is 0.312 e. The molecule has 1 aliphatic carbocycles. The van der Waals surface area contributed by atoms with Gasteiger partial charge in [0.25, 0.3) is 0 Å². The second-order valence-electron chi connectivity index (χ2n) is 5.35. The normalized spacial score (nSPS) is 27.1. The Bertz CT molecular complexity index is 404. The van der Waals surface area contributed by atoms with Crippen LogP contribution in [-0.2, 0) is 9.53 Å². The van der Waals surface area contributed by atoms with Crippen molar-refractivity contribution >= 4 is 5.97 Å². The molecule has 0 N–H and O–H groups in total. The van der Waals surface area contributed by atoms with Crippen molar-refractivity contribution in [3.63, 3.8) is 0 Å². The Balaban J connectivity index is 1.82. The number of rotatable bonds is 1. The van der Waals surface area contributed by atoms with Gasteiger partial charge >= 0.3 is 5.97 Å². The molecule has 1 aliphatic heterocycles. The van der Waals surface area contributed by atoms with Gasteiger partial charge in [0.05, 0.1) is 5.41 Å². The molecule has 1 heterocycles. The summed E-state index contributed by atoms with van der Waals surface area (Å²) in [6, 6.07) is 10.1. The lowest BCUT2D eigenvalue weighted by Gasteiger charge is -2.28. The molecule has 1 spiro atoms. The number of ether oxygens (including phenoxy) is 1. The number of benzene rings is 1. The predicted octanol–water partition coefficient (Wildman–Crippen LogP) is 3.63. The number of carbonyl (C=O) groups is 1. The third-order valence-electron chi connectivity index (χ3n) is 4.24. The number of esters is 1. The number of cyclic esters (lactones) is 1. The van der Waals surface area contributed by atoms with E-state index in [-0.39, 0.29) is 17.5 Å². The molecule has 3 rings (SSSR count). The zero-order valence-corrected chi connectivity index (χ0v) is 10.0. The van der Waals surface area contributed by atoms with Gasteiger partial charge in [0, 0.05) is 6.42 Å². The first-order chi connectivity index (χ1) is 8.30. The molecule has 2 fully saturated rings. The second kappa shape index (κ2) is 4.17. The van der Waals surface area contributed by atoms with Crippen LogP contribution in [0.2, 0.25) is 0 Å². The molecule has 1 atom stereocenters. The number of hydrogen-bond donors (Lipinski definition) is 0. The summed E-state index contributed by atoms with van der Waals surface area (Å²) in [5.74, 6) is 0.0473. The average Bonchev–Trinajstić information content (AvgIpc) is 2.69. The lowest BCUT2D eigenvalue weighted by molar-refractivity contribution is -0.150. The van der Waals surface area contributed by atoms with Gasteiger partial charge in [-0.2, -0.15) is 0 Å². The van der Waals surface area contributed by atoms with Crippen LogP contribution in [0.3, 0.4) is 0 Å². The van der Waals surface area contributed by atoms with Crippen LogP contribution in [0.1, 0.15) is 50.2 Å². The van der Waals surface area contributed by atoms with E-state index in [2.05, 4.69) is 12.1 Å². The van der Waals surface area contributed by atoms with Crippen LogP contribution in [0, 0.1) is 5.41 Å². The maximum absolute atomic E-state index is 12.1. The standard InChI is InChI=1S/C15H18O2/c16-14-15(9-5-2-6-10-15)11-13(17-14)12-7-3-1-4-8-12/h1,3-4,7-8,13H,2,5-6,9-11H2. The summed E-state index contributed by atoms with van der Waals surface area (Å²) in [4.78, 5) is 12.1. The highest BCUT2D eigenvalue weighted by atomic mass is 16.6. The molecule has 2 heteroatoms. The molecule has 1 saturated heterocycles. The summed E-state index contributed by atoms with van der Waals surface area (Å²) in [5, 5.41) is 0. The molecule has 1 aromatic rings. The minimum atomic E-state index is -0.154. The lowest BCUT2D eigenvalue weighted by atomic mass is 9.72. The van der Waals surface area contributed by atoms with Crippen LogP contribution in [-0.4, -0.2) is 5.97 Å². The van der Waals surface area contributed by atoms with Crippen molar-refractivity contribution in [3.8, 4) is 0 Å². The van der Waals surface area contributed by atoms with Gasteiger partial charge in [0.15, 0.2) is 0 Å². The summed E-state index contributed by atoms with van der Waals surface area (Å²) < 4.78 is 5.60. The third kappa shape index (κ3) is 1.86. The van der Waals surface area contributed by atoms with E-state index in [9.17, 15) is 4.79 Å². The molecule has 90 valence electrons. The summed E-state index contributed by atoms with van der Waals surface area (Å²) in [5.41, 5.74) is 0.988. The zero-order chi connectivity index (χ0) is 11.7. The minimum absolute atomic E-state index is 0.0122. The first kappa shape index (κ1) is 10.8. The van der Waals surface area contributed by atoms with Crippen LogP contribution in [0.5, 0.6) is 0 Å². The fourth-order valence-electron chi connectivity index (χ4n) is 3.22. The quantitative estimate of drug-likeness (QED) is 0.689. The fourth-order valence-corrected chi connectivity index (χ4v) is 3.22. The van der Waals surface area contributed by atoms with Gasteiger partial charge in [-0.25, -0.2) is 0 Å². The highest BCUT2D eigenvalue weighted by molar-refractivity contribution is 5.79.